The lowest BCUT2D eigenvalue weighted by Crippen LogP contribution is -2.14. The molecule has 1 aromatic carbocycles. The maximum atomic E-state index is 12.1. The molecule has 0 radical (unpaired) electrons. The van der Waals surface area contributed by atoms with Gasteiger partial charge >= 0.3 is 0 Å². The van der Waals surface area contributed by atoms with E-state index in [2.05, 4.69) is 27.6 Å². The predicted octanol–water partition coefficient (Wildman–Crippen LogP) is 3.98. The van der Waals surface area contributed by atoms with Crippen molar-refractivity contribution in [3.63, 3.8) is 0 Å². The van der Waals surface area contributed by atoms with Crippen molar-refractivity contribution in [3.8, 4) is 10.8 Å². The van der Waals surface area contributed by atoms with E-state index >= 15 is 0 Å². The largest absolute Gasteiger partial charge is 0.333 e. The quantitative estimate of drug-likeness (QED) is 0.732. The second-order valence-electron chi connectivity index (χ2n) is 4.84. The predicted molar refractivity (Wildman–Crippen MR) is 93.6 cm³/mol. The molecule has 1 N–H and O–H groups in total. The molecule has 2 aromatic heterocycles. The Balaban J connectivity index is 1.55. The molecule has 118 valence electrons. The van der Waals surface area contributed by atoms with Gasteiger partial charge in [0.2, 0.25) is 5.91 Å². The van der Waals surface area contributed by atoms with E-state index in [0.717, 1.165) is 10.6 Å². The number of benzene rings is 1. The summed E-state index contributed by atoms with van der Waals surface area (Å²) in [6.45, 7) is 1.76. The van der Waals surface area contributed by atoms with Crippen LogP contribution in [0.3, 0.4) is 0 Å². The minimum Gasteiger partial charge on any atom is -0.333 e. The zero-order chi connectivity index (χ0) is 16.1. The van der Waals surface area contributed by atoms with Crippen LogP contribution in [0.4, 0.5) is 5.69 Å². The molecule has 23 heavy (non-hydrogen) atoms. The van der Waals surface area contributed by atoms with Gasteiger partial charge in [0.05, 0.1) is 11.4 Å². The fourth-order valence-corrected chi connectivity index (χ4v) is 3.54. The SMILES string of the molecule is Cc1noc(-c2sccc2NC(=O)CSCc2ccccc2)n1. The molecule has 0 spiro atoms. The number of nitrogens with one attached hydrogen (secondary N) is 1. The van der Waals surface area contributed by atoms with Crippen molar-refractivity contribution < 1.29 is 9.32 Å². The van der Waals surface area contributed by atoms with Gasteiger partial charge < -0.3 is 9.84 Å². The van der Waals surface area contributed by atoms with Crippen molar-refractivity contribution >= 4 is 34.7 Å². The summed E-state index contributed by atoms with van der Waals surface area (Å²) in [6.07, 6.45) is 0. The van der Waals surface area contributed by atoms with Crippen LogP contribution in [0.25, 0.3) is 10.8 Å². The van der Waals surface area contributed by atoms with Gasteiger partial charge in [0.1, 0.15) is 4.88 Å². The van der Waals surface area contributed by atoms with Gasteiger partial charge in [0.15, 0.2) is 5.82 Å². The summed E-state index contributed by atoms with van der Waals surface area (Å²) in [5, 5.41) is 8.58. The van der Waals surface area contributed by atoms with Crippen LogP contribution >= 0.6 is 23.1 Å². The lowest BCUT2D eigenvalue weighted by atomic mass is 10.2. The highest BCUT2D eigenvalue weighted by Crippen LogP contribution is 2.32. The topological polar surface area (TPSA) is 68.0 Å². The molecule has 3 rings (SSSR count). The molecule has 0 unspecified atom stereocenters. The van der Waals surface area contributed by atoms with Gasteiger partial charge in [-0.3, -0.25) is 4.79 Å². The van der Waals surface area contributed by atoms with Gasteiger partial charge in [-0.15, -0.1) is 23.1 Å². The van der Waals surface area contributed by atoms with E-state index < -0.39 is 0 Å². The summed E-state index contributed by atoms with van der Waals surface area (Å²) in [4.78, 5) is 17.1. The maximum absolute atomic E-state index is 12.1. The van der Waals surface area contributed by atoms with Crippen LogP contribution < -0.4 is 5.32 Å². The Hall–Kier alpha value is -2.12. The minimum atomic E-state index is -0.0400. The number of thioether (sulfide) groups is 1. The first-order valence-corrected chi connectivity index (χ1v) is 9.05. The Morgan fingerprint density at radius 2 is 2.13 bits per heavy atom. The maximum Gasteiger partial charge on any atom is 0.270 e. The van der Waals surface area contributed by atoms with Crippen molar-refractivity contribution in [2.75, 3.05) is 11.1 Å². The molecular weight excluding hydrogens is 330 g/mol. The van der Waals surface area contributed by atoms with Crippen LogP contribution in [0, 0.1) is 6.92 Å². The van der Waals surface area contributed by atoms with Crippen LogP contribution in [0.5, 0.6) is 0 Å². The summed E-state index contributed by atoms with van der Waals surface area (Å²) in [5.41, 5.74) is 1.92. The first-order valence-electron chi connectivity index (χ1n) is 7.02. The second-order valence-corrected chi connectivity index (χ2v) is 6.74. The zero-order valence-electron chi connectivity index (χ0n) is 12.5. The summed E-state index contributed by atoms with van der Waals surface area (Å²) in [6, 6.07) is 11.9. The Morgan fingerprint density at radius 1 is 1.30 bits per heavy atom. The van der Waals surface area contributed by atoms with Crippen molar-refractivity contribution in [2.24, 2.45) is 0 Å². The number of amides is 1. The third-order valence-electron chi connectivity index (χ3n) is 3.01. The van der Waals surface area contributed by atoms with Gasteiger partial charge in [-0.2, -0.15) is 4.98 Å². The van der Waals surface area contributed by atoms with E-state index in [-0.39, 0.29) is 5.91 Å². The van der Waals surface area contributed by atoms with E-state index in [1.54, 1.807) is 18.7 Å². The third-order valence-corrected chi connectivity index (χ3v) is 4.91. The Bertz CT molecular complexity index is 783. The highest BCUT2D eigenvalue weighted by Gasteiger charge is 2.15. The first kappa shape index (κ1) is 15.8. The minimum absolute atomic E-state index is 0.0400. The average Bonchev–Trinajstić information content (AvgIpc) is 3.17. The molecule has 0 saturated heterocycles. The highest BCUT2D eigenvalue weighted by atomic mass is 32.2. The van der Waals surface area contributed by atoms with E-state index in [0.29, 0.717) is 23.2 Å². The first-order chi connectivity index (χ1) is 11.2. The van der Waals surface area contributed by atoms with Crippen LogP contribution in [0.1, 0.15) is 11.4 Å². The second kappa shape index (κ2) is 7.43. The lowest BCUT2D eigenvalue weighted by Gasteiger charge is -2.05. The van der Waals surface area contributed by atoms with E-state index in [1.807, 2.05) is 29.6 Å². The molecule has 2 heterocycles. The molecule has 0 saturated carbocycles. The highest BCUT2D eigenvalue weighted by molar-refractivity contribution is 7.99. The number of hydrogen-bond donors (Lipinski definition) is 1. The molecule has 0 aliphatic heterocycles. The molecule has 0 aliphatic carbocycles. The molecule has 1 amide bonds. The molecule has 0 bridgehead atoms. The number of nitrogens with zero attached hydrogens (tertiary/aromatic N) is 2. The lowest BCUT2D eigenvalue weighted by molar-refractivity contribution is -0.113. The number of anilines is 1. The molecule has 5 nitrogen and oxygen atoms in total. The molecule has 0 atom stereocenters. The Labute approximate surface area is 142 Å². The summed E-state index contributed by atoms with van der Waals surface area (Å²) >= 11 is 3.04. The van der Waals surface area contributed by atoms with Crippen molar-refractivity contribution in [1.29, 1.82) is 0 Å². The van der Waals surface area contributed by atoms with Crippen LogP contribution in [-0.4, -0.2) is 21.8 Å². The monoisotopic (exact) mass is 345 g/mol. The van der Waals surface area contributed by atoms with Crippen LogP contribution in [0.15, 0.2) is 46.3 Å². The molecule has 7 heteroatoms. The third kappa shape index (κ3) is 4.20. The fraction of sp³-hybridized carbons (Fsp3) is 0.188. The fourth-order valence-electron chi connectivity index (χ4n) is 1.98. The van der Waals surface area contributed by atoms with Crippen LogP contribution in [-0.2, 0) is 10.5 Å². The van der Waals surface area contributed by atoms with Gasteiger partial charge in [-0.05, 0) is 23.9 Å². The Morgan fingerprint density at radius 3 is 2.87 bits per heavy atom. The van der Waals surface area contributed by atoms with Crippen molar-refractivity contribution in [3.05, 3.63) is 53.2 Å². The average molecular weight is 345 g/mol. The summed E-state index contributed by atoms with van der Waals surface area (Å²) in [7, 11) is 0. The molecule has 0 aliphatic rings. The number of hydrogen-bond acceptors (Lipinski definition) is 6. The number of aryl methyl sites for hydroxylation is 1. The number of carbonyl (C=O) groups is 1. The van der Waals surface area contributed by atoms with Gasteiger partial charge in [0.25, 0.3) is 5.89 Å². The summed E-state index contributed by atoms with van der Waals surface area (Å²) < 4.78 is 5.16. The van der Waals surface area contributed by atoms with E-state index in [1.165, 1.54) is 16.9 Å². The Kier molecular flexibility index (Phi) is 5.09. The smallest absolute Gasteiger partial charge is 0.270 e. The molecule has 0 fully saturated rings. The normalized spacial score (nSPS) is 10.7. The van der Waals surface area contributed by atoms with Crippen LogP contribution in [0.2, 0.25) is 0 Å². The number of carbonyl (C=O) groups excluding carboxylic acids is 1. The number of thiophene rings is 1. The van der Waals surface area contributed by atoms with Gasteiger partial charge in [-0.25, -0.2) is 0 Å². The number of aromatic nitrogens is 2. The summed E-state index contributed by atoms with van der Waals surface area (Å²) in [5.74, 6) is 2.18. The van der Waals surface area contributed by atoms with Gasteiger partial charge in [-0.1, -0.05) is 35.5 Å². The standard InChI is InChI=1S/C16H15N3O2S2/c1-11-17-16(21-19-11)15-13(7-8-23-15)18-14(20)10-22-9-12-5-3-2-4-6-12/h2-8H,9-10H2,1H3,(H,18,20). The number of rotatable bonds is 6. The zero-order valence-corrected chi connectivity index (χ0v) is 14.1. The molecule has 3 aromatic rings. The van der Waals surface area contributed by atoms with Crippen molar-refractivity contribution in [1.82, 2.24) is 10.1 Å². The van der Waals surface area contributed by atoms with Crippen molar-refractivity contribution in [2.45, 2.75) is 12.7 Å². The van der Waals surface area contributed by atoms with E-state index in [9.17, 15) is 4.79 Å². The van der Waals surface area contributed by atoms with E-state index in [4.69, 9.17) is 4.52 Å². The molecular formula is C16H15N3O2S2. The van der Waals surface area contributed by atoms with Gasteiger partial charge in [0, 0.05) is 5.75 Å².